The van der Waals surface area contributed by atoms with Crippen molar-refractivity contribution < 1.29 is 18.8 Å². The number of benzene rings is 1. The number of carbonyl (C=O) groups excluding carboxylic acids is 1. The summed E-state index contributed by atoms with van der Waals surface area (Å²) in [6.45, 7) is 8.46. The molecule has 6 heteroatoms. The van der Waals surface area contributed by atoms with Gasteiger partial charge in [-0.25, -0.2) is 0 Å². The molecule has 1 aromatic rings. The highest BCUT2D eigenvalue weighted by Crippen LogP contribution is 2.40. The number of hydrogen-bond acceptors (Lipinski definition) is 4. The molecule has 5 nitrogen and oxygen atoms in total. The molecule has 3 rings (SSSR count). The first-order chi connectivity index (χ1) is 10.9. The Bertz CT molecular complexity index is 559. The van der Waals surface area contributed by atoms with Crippen LogP contribution in [0.5, 0.6) is 0 Å². The third-order valence-electron chi connectivity index (χ3n) is 4.97. The van der Waals surface area contributed by atoms with Crippen molar-refractivity contribution in [3.05, 3.63) is 30.3 Å². The van der Waals surface area contributed by atoms with E-state index in [0.29, 0.717) is 32.7 Å². The summed E-state index contributed by atoms with van der Waals surface area (Å²) in [4.78, 5) is 14.5. The van der Waals surface area contributed by atoms with Gasteiger partial charge in [-0.2, -0.15) is 0 Å². The van der Waals surface area contributed by atoms with Crippen molar-refractivity contribution in [1.82, 2.24) is 4.90 Å². The highest BCUT2D eigenvalue weighted by atomic mass is 16.7. The zero-order valence-electron chi connectivity index (χ0n) is 14.1. The van der Waals surface area contributed by atoms with Crippen LogP contribution >= 0.6 is 0 Å². The molecule has 1 aromatic carbocycles. The van der Waals surface area contributed by atoms with Gasteiger partial charge in [0.05, 0.1) is 30.8 Å². The molecule has 2 fully saturated rings. The highest BCUT2D eigenvalue weighted by Gasteiger charge is 2.55. The smallest absolute Gasteiger partial charge is 0.399 e. The van der Waals surface area contributed by atoms with Crippen molar-refractivity contribution in [2.45, 2.75) is 38.4 Å². The summed E-state index contributed by atoms with van der Waals surface area (Å²) in [7, 11) is -0.436. The molecule has 1 atom stereocenters. The van der Waals surface area contributed by atoms with Crippen LogP contribution in [0.2, 0.25) is 0 Å². The zero-order valence-corrected chi connectivity index (χ0v) is 14.1. The van der Waals surface area contributed by atoms with Gasteiger partial charge in [0, 0.05) is 13.1 Å². The van der Waals surface area contributed by atoms with E-state index in [4.69, 9.17) is 14.0 Å². The predicted octanol–water partition coefficient (Wildman–Crippen LogP) is 1.21. The van der Waals surface area contributed by atoms with Gasteiger partial charge in [-0.15, -0.1) is 0 Å². The van der Waals surface area contributed by atoms with Crippen LogP contribution in [0.1, 0.15) is 27.2 Å². The van der Waals surface area contributed by atoms with Gasteiger partial charge in [0.1, 0.15) is 0 Å². The number of nitrogens with zero attached hydrogens (tertiary/aromatic N) is 1. The maximum absolute atomic E-state index is 12.6. The summed E-state index contributed by atoms with van der Waals surface area (Å²) in [6.07, 6.45) is 0.309. The topological polar surface area (TPSA) is 48.0 Å². The van der Waals surface area contributed by atoms with E-state index in [-0.39, 0.29) is 5.91 Å². The molecule has 23 heavy (non-hydrogen) atoms. The predicted molar refractivity (Wildman–Crippen MR) is 88.5 cm³/mol. The molecule has 2 saturated heterocycles. The largest absolute Gasteiger partial charge is 0.494 e. The Kier molecular flexibility index (Phi) is 4.49. The second-order valence-corrected chi connectivity index (χ2v) is 6.89. The summed E-state index contributed by atoms with van der Waals surface area (Å²) in [6, 6.07) is 9.85. The van der Waals surface area contributed by atoms with Crippen LogP contribution in [-0.4, -0.2) is 55.4 Å². The van der Waals surface area contributed by atoms with Crippen molar-refractivity contribution in [2.24, 2.45) is 0 Å². The number of carbonyl (C=O) groups is 1. The minimum Gasteiger partial charge on any atom is -0.399 e. The zero-order chi connectivity index (χ0) is 16.5. The normalized spacial score (nSPS) is 27.3. The van der Waals surface area contributed by atoms with E-state index in [1.54, 1.807) is 0 Å². The number of morpholine rings is 1. The number of ether oxygens (including phenoxy) is 1. The molecule has 1 unspecified atom stereocenters. The van der Waals surface area contributed by atoms with Crippen LogP contribution in [0.4, 0.5) is 0 Å². The Labute approximate surface area is 138 Å². The van der Waals surface area contributed by atoms with Gasteiger partial charge in [-0.3, -0.25) is 4.79 Å². The van der Waals surface area contributed by atoms with Crippen LogP contribution in [0.25, 0.3) is 0 Å². The number of hydrogen-bond donors (Lipinski definition) is 0. The summed E-state index contributed by atoms with van der Waals surface area (Å²) in [5, 5.41) is 0. The minimum atomic E-state index is -0.664. The molecular weight excluding hydrogens is 293 g/mol. The van der Waals surface area contributed by atoms with E-state index in [0.717, 1.165) is 5.46 Å². The SMILES string of the molecule is CC1(C)OB(c2ccccc2)OC1(C)CC(=O)N1CCOCC1. The Morgan fingerprint density at radius 3 is 2.43 bits per heavy atom. The molecule has 124 valence electrons. The molecule has 0 N–H and O–H groups in total. The summed E-state index contributed by atoms with van der Waals surface area (Å²) in [5.74, 6) is 0.0983. The lowest BCUT2D eigenvalue weighted by Gasteiger charge is -2.38. The molecule has 1 amide bonds. The van der Waals surface area contributed by atoms with Crippen LogP contribution in [0, 0.1) is 0 Å². The Balaban J connectivity index is 1.73. The second-order valence-electron chi connectivity index (χ2n) is 6.89. The lowest BCUT2D eigenvalue weighted by Crippen LogP contribution is -2.50. The number of rotatable bonds is 3. The van der Waals surface area contributed by atoms with Gasteiger partial charge < -0.3 is 18.9 Å². The van der Waals surface area contributed by atoms with Crippen LogP contribution in [0.15, 0.2) is 30.3 Å². The van der Waals surface area contributed by atoms with Crippen molar-refractivity contribution in [3.8, 4) is 0 Å². The molecule has 0 aliphatic carbocycles. The standard InChI is InChI=1S/C17H24BNO4/c1-16(2)17(3,13-15(20)19-9-11-21-12-10-19)23-18(22-16)14-7-5-4-6-8-14/h4-8H,9-13H2,1-3H3. The van der Waals surface area contributed by atoms with Gasteiger partial charge in [0.25, 0.3) is 0 Å². The van der Waals surface area contributed by atoms with Crippen molar-refractivity contribution >= 4 is 18.5 Å². The van der Waals surface area contributed by atoms with E-state index in [1.165, 1.54) is 0 Å². The first kappa shape index (κ1) is 16.5. The van der Waals surface area contributed by atoms with E-state index < -0.39 is 18.3 Å². The Hall–Kier alpha value is -1.37. The van der Waals surface area contributed by atoms with Crippen molar-refractivity contribution in [2.75, 3.05) is 26.3 Å². The minimum absolute atomic E-state index is 0.0983. The van der Waals surface area contributed by atoms with E-state index in [1.807, 2.05) is 56.0 Å². The lowest BCUT2D eigenvalue weighted by molar-refractivity contribution is -0.141. The molecule has 0 aromatic heterocycles. The van der Waals surface area contributed by atoms with Crippen LogP contribution in [-0.2, 0) is 18.8 Å². The molecule has 0 bridgehead atoms. The second kappa shape index (κ2) is 6.26. The van der Waals surface area contributed by atoms with Gasteiger partial charge in [-0.05, 0) is 26.2 Å². The maximum atomic E-state index is 12.6. The lowest BCUT2D eigenvalue weighted by atomic mass is 9.79. The number of amides is 1. The first-order valence-electron chi connectivity index (χ1n) is 8.17. The maximum Gasteiger partial charge on any atom is 0.494 e. The monoisotopic (exact) mass is 317 g/mol. The molecule has 2 aliphatic heterocycles. The fourth-order valence-corrected chi connectivity index (χ4v) is 3.01. The first-order valence-corrected chi connectivity index (χ1v) is 8.17. The molecule has 2 heterocycles. The van der Waals surface area contributed by atoms with Crippen LogP contribution in [0.3, 0.4) is 0 Å². The average molecular weight is 317 g/mol. The van der Waals surface area contributed by atoms with Gasteiger partial charge in [0.15, 0.2) is 0 Å². The van der Waals surface area contributed by atoms with Crippen molar-refractivity contribution in [1.29, 1.82) is 0 Å². The summed E-state index contributed by atoms with van der Waals surface area (Å²) >= 11 is 0. The van der Waals surface area contributed by atoms with Crippen molar-refractivity contribution in [3.63, 3.8) is 0 Å². The molecule has 0 saturated carbocycles. The highest BCUT2D eigenvalue weighted by molar-refractivity contribution is 6.62. The Morgan fingerprint density at radius 1 is 1.13 bits per heavy atom. The van der Waals surface area contributed by atoms with Crippen LogP contribution < -0.4 is 5.46 Å². The molecular formula is C17H24BNO4. The summed E-state index contributed by atoms with van der Waals surface area (Å²) in [5.41, 5.74) is -0.235. The fourth-order valence-electron chi connectivity index (χ4n) is 3.01. The van der Waals surface area contributed by atoms with Gasteiger partial charge >= 0.3 is 7.12 Å². The fraction of sp³-hybridized carbons (Fsp3) is 0.588. The van der Waals surface area contributed by atoms with E-state index in [9.17, 15) is 4.79 Å². The van der Waals surface area contributed by atoms with Gasteiger partial charge in [0.2, 0.25) is 5.91 Å². The average Bonchev–Trinajstić information content (AvgIpc) is 2.79. The van der Waals surface area contributed by atoms with Gasteiger partial charge in [-0.1, -0.05) is 30.3 Å². The Morgan fingerprint density at radius 2 is 1.78 bits per heavy atom. The van der Waals surface area contributed by atoms with E-state index >= 15 is 0 Å². The summed E-state index contributed by atoms with van der Waals surface area (Å²) < 4.78 is 17.6. The molecule has 0 radical (unpaired) electrons. The quantitative estimate of drug-likeness (QED) is 0.787. The van der Waals surface area contributed by atoms with E-state index in [2.05, 4.69) is 0 Å². The molecule has 0 spiro atoms. The third-order valence-corrected chi connectivity index (χ3v) is 4.97. The molecule has 2 aliphatic rings. The third kappa shape index (κ3) is 3.29.